The lowest BCUT2D eigenvalue weighted by Gasteiger charge is -2.30. The summed E-state index contributed by atoms with van der Waals surface area (Å²) < 4.78 is 22.4. The third kappa shape index (κ3) is 4.49. The number of carbonyl (C=O) groups is 1. The van der Waals surface area contributed by atoms with E-state index in [1.165, 1.54) is 6.92 Å². The minimum absolute atomic E-state index is 0.426. The molecule has 0 fully saturated rings. The van der Waals surface area contributed by atoms with E-state index in [1.807, 2.05) is 13.8 Å². The molecule has 0 rings (SSSR count). The summed E-state index contributed by atoms with van der Waals surface area (Å²) in [5, 5.41) is 1.73. The molecule has 0 radical (unpaired) electrons. The molecule has 0 saturated heterocycles. The van der Waals surface area contributed by atoms with E-state index < -0.39 is 26.5 Å². The van der Waals surface area contributed by atoms with Crippen LogP contribution in [0.2, 0.25) is 0 Å². The van der Waals surface area contributed by atoms with Gasteiger partial charge in [-0.3, -0.25) is 4.79 Å². The molecule has 2 unspecified atom stereocenters. The van der Waals surface area contributed by atoms with E-state index in [9.17, 15) is 13.2 Å². The van der Waals surface area contributed by atoms with Crippen molar-refractivity contribution in [3.63, 3.8) is 0 Å². The Hall–Kier alpha value is -0.620. The zero-order valence-corrected chi connectivity index (χ0v) is 11.2. The Kier molecular flexibility index (Phi) is 5.41. The molecule has 0 aliphatic rings. The van der Waals surface area contributed by atoms with Crippen molar-refractivity contribution < 1.29 is 13.2 Å². The predicted molar refractivity (Wildman–Crippen MR) is 64.8 cm³/mol. The Morgan fingerprint density at radius 1 is 1.50 bits per heavy atom. The van der Waals surface area contributed by atoms with Gasteiger partial charge in [-0.25, -0.2) is 8.42 Å². The molecule has 0 aliphatic heterocycles. The van der Waals surface area contributed by atoms with Crippen molar-refractivity contribution >= 4 is 15.7 Å². The molecule has 6 heteroatoms. The maximum Gasteiger partial charge on any atom is 0.238 e. The highest BCUT2D eigenvalue weighted by atomic mass is 32.2. The molecule has 0 aromatic rings. The second-order valence-electron chi connectivity index (χ2n) is 4.41. The highest BCUT2D eigenvalue weighted by Gasteiger charge is 2.30. The first-order chi connectivity index (χ1) is 7.16. The van der Waals surface area contributed by atoms with Gasteiger partial charge in [0.2, 0.25) is 5.91 Å². The van der Waals surface area contributed by atoms with Gasteiger partial charge in [0.1, 0.15) is 5.25 Å². The fraction of sp³-hybridized carbons (Fsp3) is 0.900. The molecule has 0 saturated carbocycles. The van der Waals surface area contributed by atoms with Crippen LogP contribution < -0.4 is 11.1 Å². The van der Waals surface area contributed by atoms with Gasteiger partial charge in [0.25, 0.3) is 0 Å². The monoisotopic (exact) mass is 250 g/mol. The zero-order valence-electron chi connectivity index (χ0n) is 10.4. The second-order valence-corrected chi connectivity index (χ2v) is 6.78. The van der Waals surface area contributed by atoms with Gasteiger partial charge in [0.15, 0.2) is 9.84 Å². The fourth-order valence-corrected chi connectivity index (χ4v) is 1.69. The summed E-state index contributed by atoms with van der Waals surface area (Å²) in [4.78, 5) is 11.7. The number of rotatable bonds is 6. The topological polar surface area (TPSA) is 89.3 Å². The number of sulfone groups is 1. The van der Waals surface area contributed by atoms with Crippen molar-refractivity contribution in [3.8, 4) is 0 Å². The van der Waals surface area contributed by atoms with Gasteiger partial charge < -0.3 is 11.1 Å². The molecule has 5 nitrogen and oxygen atoms in total. The normalized spacial score (nSPS) is 17.6. The third-order valence-corrected chi connectivity index (χ3v) is 4.41. The lowest BCUT2D eigenvalue weighted by Crippen LogP contribution is -2.51. The second kappa shape index (κ2) is 5.63. The molecular formula is C10H22N2O3S. The van der Waals surface area contributed by atoms with Crippen molar-refractivity contribution in [3.05, 3.63) is 0 Å². The van der Waals surface area contributed by atoms with Crippen molar-refractivity contribution in [1.82, 2.24) is 5.32 Å². The van der Waals surface area contributed by atoms with E-state index >= 15 is 0 Å². The number of hydrogen-bond donors (Lipinski definition) is 2. The Balaban J connectivity index is 4.66. The summed E-state index contributed by atoms with van der Waals surface area (Å²) in [7, 11) is -3.34. The van der Waals surface area contributed by atoms with Gasteiger partial charge >= 0.3 is 0 Å². The standard InChI is InChI=1S/C10H22N2O3S/c1-5-10(3,6-7-11)12-9(13)8(2)16(4,14)15/h8H,5-7,11H2,1-4H3,(H,12,13). The minimum Gasteiger partial charge on any atom is -0.350 e. The molecule has 3 N–H and O–H groups in total. The van der Waals surface area contributed by atoms with Crippen LogP contribution in [-0.2, 0) is 14.6 Å². The molecule has 0 aromatic carbocycles. The molecule has 0 aliphatic carbocycles. The summed E-state index contributed by atoms with van der Waals surface area (Å²) in [6.45, 7) is 5.65. The minimum atomic E-state index is -3.34. The van der Waals surface area contributed by atoms with Crippen LogP contribution in [0.15, 0.2) is 0 Å². The van der Waals surface area contributed by atoms with Crippen LogP contribution in [0.25, 0.3) is 0 Å². The Bertz CT molecular complexity index is 340. The molecule has 0 aromatic heterocycles. The van der Waals surface area contributed by atoms with Crippen LogP contribution in [0.4, 0.5) is 0 Å². The summed E-state index contributed by atoms with van der Waals surface area (Å²) >= 11 is 0. The molecule has 0 bridgehead atoms. The van der Waals surface area contributed by atoms with Gasteiger partial charge in [-0.15, -0.1) is 0 Å². The number of amides is 1. The van der Waals surface area contributed by atoms with Gasteiger partial charge in [-0.1, -0.05) is 6.92 Å². The van der Waals surface area contributed by atoms with Crippen LogP contribution in [0.3, 0.4) is 0 Å². The van der Waals surface area contributed by atoms with E-state index in [2.05, 4.69) is 5.32 Å². The number of hydrogen-bond acceptors (Lipinski definition) is 4. The van der Waals surface area contributed by atoms with Crippen molar-refractivity contribution in [1.29, 1.82) is 0 Å². The van der Waals surface area contributed by atoms with Crippen LogP contribution >= 0.6 is 0 Å². The lowest BCUT2D eigenvalue weighted by molar-refractivity contribution is -0.122. The van der Waals surface area contributed by atoms with Gasteiger partial charge in [-0.2, -0.15) is 0 Å². The third-order valence-electron chi connectivity index (χ3n) is 2.91. The van der Waals surface area contributed by atoms with Crippen molar-refractivity contribution in [2.45, 2.75) is 44.4 Å². The van der Waals surface area contributed by atoms with Crippen molar-refractivity contribution in [2.24, 2.45) is 5.73 Å². The molecule has 0 spiro atoms. The van der Waals surface area contributed by atoms with E-state index in [1.54, 1.807) is 0 Å². The predicted octanol–water partition coefficient (Wildman–Crippen LogP) is 0.0532. The van der Waals surface area contributed by atoms with E-state index in [0.29, 0.717) is 19.4 Å². The summed E-state index contributed by atoms with van der Waals surface area (Å²) in [5.74, 6) is -0.458. The maximum absolute atomic E-state index is 11.7. The van der Waals surface area contributed by atoms with E-state index in [0.717, 1.165) is 6.26 Å². The molecule has 0 heterocycles. The van der Waals surface area contributed by atoms with Crippen LogP contribution in [0.1, 0.15) is 33.6 Å². The highest BCUT2D eigenvalue weighted by molar-refractivity contribution is 7.92. The summed E-state index contributed by atoms with van der Waals surface area (Å²) in [5.41, 5.74) is 5.03. The molecule has 1 amide bonds. The average molecular weight is 250 g/mol. The number of nitrogens with one attached hydrogen (secondary N) is 1. The first kappa shape index (κ1) is 15.4. The molecular weight excluding hydrogens is 228 g/mol. The Morgan fingerprint density at radius 2 is 2.00 bits per heavy atom. The van der Waals surface area contributed by atoms with Crippen LogP contribution in [0, 0.1) is 0 Å². The Labute approximate surface area is 97.7 Å². The fourth-order valence-electron chi connectivity index (χ4n) is 1.24. The van der Waals surface area contributed by atoms with E-state index in [4.69, 9.17) is 5.73 Å². The Morgan fingerprint density at radius 3 is 2.31 bits per heavy atom. The first-order valence-electron chi connectivity index (χ1n) is 5.37. The van der Waals surface area contributed by atoms with Gasteiger partial charge in [0, 0.05) is 11.8 Å². The largest absolute Gasteiger partial charge is 0.350 e. The zero-order chi connectivity index (χ0) is 13.0. The maximum atomic E-state index is 11.7. The van der Waals surface area contributed by atoms with E-state index in [-0.39, 0.29) is 0 Å². The summed E-state index contributed by atoms with van der Waals surface area (Å²) in [6, 6.07) is 0. The van der Waals surface area contributed by atoms with Crippen LogP contribution in [-0.4, -0.2) is 37.9 Å². The molecule has 2 atom stereocenters. The number of nitrogens with two attached hydrogens (primary N) is 1. The SMILES string of the molecule is CCC(C)(CCN)NC(=O)C(C)S(C)(=O)=O. The smallest absolute Gasteiger partial charge is 0.238 e. The van der Waals surface area contributed by atoms with Gasteiger partial charge in [-0.05, 0) is 33.2 Å². The first-order valence-corrected chi connectivity index (χ1v) is 7.32. The van der Waals surface area contributed by atoms with Crippen LogP contribution in [0.5, 0.6) is 0 Å². The van der Waals surface area contributed by atoms with Gasteiger partial charge in [0.05, 0.1) is 0 Å². The average Bonchev–Trinajstić information content (AvgIpc) is 2.15. The number of carbonyl (C=O) groups excluding carboxylic acids is 1. The lowest BCUT2D eigenvalue weighted by atomic mass is 9.94. The summed E-state index contributed by atoms with van der Waals surface area (Å²) in [6.07, 6.45) is 2.40. The highest BCUT2D eigenvalue weighted by Crippen LogP contribution is 2.14. The van der Waals surface area contributed by atoms with Crippen molar-refractivity contribution in [2.75, 3.05) is 12.8 Å². The molecule has 16 heavy (non-hydrogen) atoms. The quantitative estimate of drug-likeness (QED) is 0.697. The molecule has 96 valence electrons.